The Kier molecular flexibility index (Phi) is 4.85. The van der Waals surface area contributed by atoms with Crippen molar-refractivity contribution < 1.29 is 14.3 Å². The molecule has 0 aliphatic carbocycles. The van der Waals surface area contributed by atoms with Crippen molar-refractivity contribution in [3.8, 4) is 11.5 Å². The first-order valence-corrected chi connectivity index (χ1v) is 4.79. The summed E-state index contributed by atoms with van der Waals surface area (Å²) in [5, 5.41) is 3.59. The van der Waals surface area contributed by atoms with Crippen molar-refractivity contribution in [1.82, 2.24) is 5.43 Å². The highest BCUT2D eigenvalue weighted by Crippen LogP contribution is 2.16. The molecule has 0 unspecified atom stereocenters. The Morgan fingerprint density at radius 3 is 2.56 bits per heavy atom. The second kappa shape index (κ2) is 6.44. The van der Waals surface area contributed by atoms with Crippen LogP contribution in [-0.2, 0) is 4.79 Å². The molecule has 16 heavy (non-hydrogen) atoms. The smallest absolute Gasteiger partial charge is 0.277 e. The summed E-state index contributed by atoms with van der Waals surface area (Å²) < 4.78 is 10.2. The van der Waals surface area contributed by atoms with Crippen LogP contribution < -0.4 is 14.9 Å². The topological polar surface area (TPSA) is 59.9 Å². The van der Waals surface area contributed by atoms with Crippen molar-refractivity contribution in [2.75, 3.05) is 13.7 Å². The van der Waals surface area contributed by atoms with Crippen molar-refractivity contribution in [2.45, 2.75) is 6.92 Å². The first-order valence-electron chi connectivity index (χ1n) is 4.79. The number of ether oxygens (including phenoxy) is 2. The van der Waals surface area contributed by atoms with Gasteiger partial charge in [-0.25, -0.2) is 5.43 Å². The van der Waals surface area contributed by atoms with Crippen LogP contribution in [0.4, 0.5) is 0 Å². The monoisotopic (exact) mass is 222 g/mol. The standard InChI is InChI=1S/C11H14N2O3/c1-3-12-13-11(14)8-16-10-6-4-9(15-2)5-7-10/h3-7H,8H2,1-2H3,(H,13,14)/b12-3-. The molecule has 0 saturated carbocycles. The van der Waals surface area contributed by atoms with Crippen molar-refractivity contribution in [1.29, 1.82) is 0 Å². The van der Waals surface area contributed by atoms with E-state index in [1.54, 1.807) is 38.3 Å². The van der Waals surface area contributed by atoms with Gasteiger partial charge in [0.2, 0.25) is 0 Å². The van der Waals surface area contributed by atoms with Crippen molar-refractivity contribution in [3.63, 3.8) is 0 Å². The molecule has 1 N–H and O–H groups in total. The lowest BCUT2D eigenvalue weighted by Crippen LogP contribution is -2.24. The number of hydrazone groups is 1. The maximum absolute atomic E-state index is 11.1. The third kappa shape index (κ3) is 4.00. The van der Waals surface area contributed by atoms with Crippen LogP contribution in [0, 0.1) is 0 Å². The van der Waals surface area contributed by atoms with Crippen LogP contribution in [0.1, 0.15) is 6.92 Å². The summed E-state index contributed by atoms with van der Waals surface area (Å²) in [7, 11) is 1.59. The zero-order chi connectivity index (χ0) is 11.8. The van der Waals surface area contributed by atoms with E-state index >= 15 is 0 Å². The Bertz CT molecular complexity index is 360. The number of benzene rings is 1. The lowest BCUT2D eigenvalue weighted by atomic mass is 10.3. The van der Waals surface area contributed by atoms with Crippen LogP contribution in [-0.4, -0.2) is 25.8 Å². The largest absolute Gasteiger partial charge is 0.497 e. The minimum absolute atomic E-state index is 0.0658. The van der Waals surface area contributed by atoms with Crippen LogP contribution in [0.3, 0.4) is 0 Å². The molecule has 0 bridgehead atoms. The third-order valence-corrected chi connectivity index (χ3v) is 1.75. The molecule has 0 aromatic heterocycles. The van der Waals surface area contributed by atoms with E-state index < -0.39 is 0 Å². The van der Waals surface area contributed by atoms with Crippen molar-refractivity contribution in [3.05, 3.63) is 24.3 Å². The SMILES string of the molecule is C/C=N\NC(=O)COc1ccc(OC)cc1. The Balaban J connectivity index is 2.39. The van der Waals surface area contributed by atoms with Crippen LogP contribution in [0.5, 0.6) is 11.5 Å². The lowest BCUT2D eigenvalue weighted by molar-refractivity contribution is -0.123. The van der Waals surface area contributed by atoms with Crippen LogP contribution >= 0.6 is 0 Å². The number of nitrogens with one attached hydrogen (secondary N) is 1. The van der Waals surface area contributed by atoms with Gasteiger partial charge in [-0.15, -0.1) is 0 Å². The molecule has 0 radical (unpaired) electrons. The molecule has 1 aromatic rings. The molecule has 1 rings (SSSR count). The van der Waals surface area contributed by atoms with Gasteiger partial charge in [-0.2, -0.15) is 5.10 Å². The molecular weight excluding hydrogens is 208 g/mol. The number of carbonyl (C=O) groups excluding carboxylic acids is 1. The number of rotatable bonds is 5. The highest BCUT2D eigenvalue weighted by molar-refractivity contribution is 5.78. The molecule has 0 atom stereocenters. The van der Waals surface area contributed by atoms with Gasteiger partial charge in [0, 0.05) is 6.21 Å². The first kappa shape index (κ1) is 12.0. The zero-order valence-electron chi connectivity index (χ0n) is 9.27. The van der Waals surface area contributed by atoms with Gasteiger partial charge in [0.1, 0.15) is 11.5 Å². The van der Waals surface area contributed by atoms with E-state index in [0.717, 1.165) is 5.75 Å². The van der Waals surface area contributed by atoms with Crippen LogP contribution in [0.25, 0.3) is 0 Å². The van der Waals surface area contributed by atoms with Gasteiger partial charge in [0.25, 0.3) is 5.91 Å². The summed E-state index contributed by atoms with van der Waals surface area (Å²) in [6, 6.07) is 6.99. The van der Waals surface area contributed by atoms with E-state index in [1.807, 2.05) is 0 Å². The molecule has 0 fully saturated rings. The summed E-state index contributed by atoms with van der Waals surface area (Å²) in [4.78, 5) is 11.1. The predicted octanol–water partition coefficient (Wildman–Crippen LogP) is 1.20. The minimum atomic E-state index is -0.297. The molecule has 1 aromatic carbocycles. The van der Waals surface area contributed by atoms with Gasteiger partial charge in [-0.05, 0) is 31.2 Å². The second-order valence-corrected chi connectivity index (χ2v) is 2.89. The van der Waals surface area contributed by atoms with Crippen LogP contribution in [0.2, 0.25) is 0 Å². The molecule has 0 spiro atoms. The fourth-order valence-electron chi connectivity index (χ4n) is 0.990. The highest BCUT2D eigenvalue weighted by atomic mass is 16.5. The zero-order valence-corrected chi connectivity index (χ0v) is 9.27. The number of nitrogens with zero attached hydrogens (tertiary/aromatic N) is 1. The summed E-state index contributed by atoms with van der Waals surface area (Å²) in [6.07, 6.45) is 1.49. The summed E-state index contributed by atoms with van der Waals surface area (Å²) in [5.41, 5.74) is 2.31. The molecule has 86 valence electrons. The predicted molar refractivity (Wildman–Crippen MR) is 60.8 cm³/mol. The van der Waals surface area contributed by atoms with Crippen molar-refractivity contribution in [2.24, 2.45) is 5.10 Å². The van der Waals surface area contributed by atoms with E-state index in [1.165, 1.54) is 6.21 Å². The molecule has 0 saturated heterocycles. The van der Waals surface area contributed by atoms with E-state index in [4.69, 9.17) is 9.47 Å². The maximum Gasteiger partial charge on any atom is 0.277 e. The number of hydrogen-bond donors (Lipinski definition) is 1. The number of hydrogen-bond acceptors (Lipinski definition) is 4. The van der Waals surface area contributed by atoms with E-state index in [9.17, 15) is 4.79 Å². The van der Waals surface area contributed by atoms with Gasteiger partial charge in [0.15, 0.2) is 6.61 Å². The fourth-order valence-corrected chi connectivity index (χ4v) is 0.990. The number of amides is 1. The highest BCUT2D eigenvalue weighted by Gasteiger charge is 2.00. The average Bonchev–Trinajstić information content (AvgIpc) is 2.34. The molecular formula is C11H14N2O3. The third-order valence-electron chi connectivity index (χ3n) is 1.75. The second-order valence-electron chi connectivity index (χ2n) is 2.89. The van der Waals surface area contributed by atoms with Gasteiger partial charge < -0.3 is 9.47 Å². The minimum Gasteiger partial charge on any atom is -0.497 e. The normalized spacial score (nSPS) is 10.1. The molecule has 0 heterocycles. The molecule has 5 heteroatoms. The Labute approximate surface area is 94.1 Å². The molecule has 0 aliphatic heterocycles. The summed E-state index contributed by atoms with van der Waals surface area (Å²) >= 11 is 0. The molecule has 0 aliphatic rings. The Hall–Kier alpha value is -2.04. The maximum atomic E-state index is 11.1. The summed E-state index contributed by atoms with van der Waals surface area (Å²) in [5.74, 6) is 1.05. The number of carbonyl (C=O) groups is 1. The van der Waals surface area contributed by atoms with Gasteiger partial charge in [-0.1, -0.05) is 0 Å². The van der Waals surface area contributed by atoms with Crippen LogP contribution in [0.15, 0.2) is 29.4 Å². The van der Waals surface area contributed by atoms with E-state index in [-0.39, 0.29) is 12.5 Å². The lowest BCUT2D eigenvalue weighted by Gasteiger charge is -2.05. The quantitative estimate of drug-likeness (QED) is 0.601. The fraction of sp³-hybridized carbons (Fsp3) is 0.273. The van der Waals surface area contributed by atoms with Crippen molar-refractivity contribution >= 4 is 12.1 Å². The average molecular weight is 222 g/mol. The summed E-state index contributed by atoms with van der Waals surface area (Å²) in [6.45, 7) is 1.65. The van der Waals surface area contributed by atoms with Gasteiger partial charge in [0.05, 0.1) is 7.11 Å². The first-order chi connectivity index (χ1) is 7.76. The Morgan fingerprint density at radius 1 is 1.38 bits per heavy atom. The molecule has 1 amide bonds. The van der Waals surface area contributed by atoms with Gasteiger partial charge in [-0.3, -0.25) is 4.79 Å². The Morgan fingerprint density at radius 2 is 2.00 bits per heavy atom. The van der Waals surface area contributed by atoms with Gasteiger partial charge >= 0.3 is 0 Å². The number of methoxy groups -OCH3 is 1. The molecule has 5 nitrogen and oxygen atoms in total. The van der Waals surface area contributed by atoms with E-state index in [2.05, 4.69) is 10.5 Å². The van der Waals surface area contributed by atoms with E-state index in [0.29, 0.717) is 5.75 Å².